The molecule has 0 saturated heterocycles. The second-order valence-electron chi connectivity index (χ2n) is 37.2. The van der Waals surface area contributed by atoms with Crippen molar-refractivity contribution in [3.63, 3.8) is 0 Å². The minimum absolute atomic E-state index is 0.00527. The van der Waals surface area contributed by atoms with Crippen LogP contribution in [0, 0.1) is 0 Å². The summed E-state index contributed by atoms with van der Waals surface area (Å²) in [5.74, 6) is -2.00. The fraction of sp³-hybridized carbons (Fsp3) is 0.500. The number of hydrogen-bond donors (Lipinski definition) is 6. The maximum atomic E-state index is 13.8. The van der Waals surface area contributed by atoms with Crippen LogP contribution in [0.15, 0.2) is 121 Å². The van der Waals surface area contributed by atoms with Gasteiger partial charge < -0.3 is 88.6 Å². The quantitative estimate of drug-likeness (QED) is 0.0169. The lowest BCUT2D eigenvalue weighted by Gasteiger charge is -2.39. The first-order chi connectivity index (χ1) is 62.6. The van der Waals surface area contributed by atoms with Crippen molar-refractivity contribution in [2.24, 2.45) is 0 Å². The van der Waals surface area contributed by atoms with Gasteiger partial charge in [0, 0.05) is 131 Å². The number of carboxylic acid groups (broad SMARTS) is 1. The third kappa shape index (κ3) is 25.7. The fourth-order valence-corrected chi connectivity index (χ4v) is 19.1. The van der Waals surface area contributed by atoms with Gasteiger partial charge in [0.05, 0.1) is 71.1 Å². The van der Waals surface area contributed by atoms with Crippen LogP contribution in [0.2, 0.25) is 40.2 Å². The first kappa shape index (κ1) is 102. The molecule has 25 nitrogen and oxygen atoms in total. The molecule has 6 fully saturated rings. The summed E-state index contributed by atoms with van der Waals surface area (Å²) >= 11 is 54.3. The second kappa shape index (κ2) is 43.6. The molecule has 0 radical (unpaired) electrons. The molecule has 16 rings (SSSR count). The molecule has 6 saturated carbocycles. The molecule has 3 heterocycles. The van der Waals surface area contributed by atoms with Gasteiger partial charge in [-0.2, -0.15) is 0 Å². The topological polar surface area (TPSA) is 310 Å². The van der Waals surface area contributed by atoms with Crippen LogP contribution < -0.4 is 29.4 Å². The van der Waals surface area contributed by atoms with E-state index in [1.165, 1.54) is 56.5 Å². The largest absolute Gasteiger partial charge is 0.481 e. The number of hydrogen-bond acceptors (Lipinski definition) is 20. The number of likely N-dealkylation sites (N-methyl/N-ethyl adjacent to an activating group) is 1. The van der Waals surface area contributed by atoms with Crippen LogP contribution in [0.4, 0.5) is 34.1 Å². The molecule has 132 heavy (non-hydrogen) atoms. The Kier molecular flexibility index (Phi) is 33.7. The number of amides is 4. The van der Waals surface area contributed by atoms with E-state index in [9.17, 15) is 54.0 Å². The summed E-state index contributed by atoms with van der Waals surface area (Å²) in [5, 5.41) is 61.4. The van der Waals surface area contributed by atoms with Crippen molar-refractivity contribution in [3.8, 4) is 0 Å². The maximum Gasteiger partial charge on any atom is 0.340 e. The summed E-state index contributed by atoms with van der Waals surface area (Å²) in [6.45, 7) is 14.7. The SMILES string of the molecule is CC(C)(C)OC(=O)CCc1cc(Cl)c(COC2(C(=O)N3CCN(C4CC4)c4ccccc43)CC2)cc1Cl.CC(C)(C)OC(=O)c1cc(Cl)c(CBr)cc1Cl.CN(C[C@H](O)[C@@H](O)[C@H](O)[C@H](O)CO)C(=O)CCc1cc(Cl)c(COC2(C(=O)N3CCN(C4CC4)c4ccccc43)CC2)cc1Cl.O=C(O)CCc1cc(Cl)c(COC2(C(=O)N3CCN(C4CC4)c4ccccc43)CC2)cc1Cl. The summed E-state index contributed by atoms with van der Waals surface area (Å²) in [7, 11) is 1.43. The van der Waals surface area contributed by atoms with Crippen molar-refractivity contribution in [3.05, 3.63) is 206 Å². The number of nitrogens with zero attached hydrogens (tertiary/aromatic N) is 7. The molecule has 0 aromatic heterocycles. The van der Waals surface area contributed by atoms with Crippen LogP contribution in [0.1, 0.15) is 187 Å². The molecule has 0 spiro atoms. The van der Waals surface area contributed by atoms with Crippen molar-refractivity contribution in [1.29, 1.82) is 0 Å². The molecule has 712 valence electrons. The molecule has 0 bridgehead atoms. The van der Waals surface area contributed by atoms with Crippen molar-refractivity contribution < 1.29 is 87.9 Å². The molecule has 7 aromatic carbocycles. The number of aryl methyl sites for hydroxylation is 3. The van der Waals surface area contributed by atoms with E-state index in [-0.39, 0.29) is 87.2 Å². The van der Waals surface area contributed by atoms with Crippen LogP contribution in [-0.4, -0.2) is 207 Å². The van der Waals surface area contributed by atoms with Crippen molar-refractivity contribution in [1.82, 2.24) is 4.90 Å². The van der Waals surface area contributed by atoms with Gasteiger partial charge in [0.15, 0.2) is 0 Å². The number of ether oxygens (including phenoxy) is 5. The second-order valence-corrected chi connectivity index (χ2v) is 41.0. The highest BCUT2D eigenvalue weighted by Crippen LogP contribution is 2.51. The number of alkyl halides is 1. The third-order valence-electron chi connectivity index (χ3n) is 24.6. The van der Waals surface area contributed by atoms with Crippen molar-refractivity contribution >= 4 is 184 Å². The molecule has 9 aliphatic rings. The number of carboxylic acids is 1. The van der Waals surface area contributed by atoms with Gasteiger partial charge in [-0.25, -0.2) is 4.79 Å². The highest BCUT2D eigenvalue weighted by atomic mass is 79.9. The van der Waals surface area contributed by atoms with Crippen LogP contribution in [0.5, 0.6) is 0 Å². The summed E-state index contributed by atoms with van der Waals surface area (Å²) < 4.78 is 29.3. The zero-order chi connectivity index (χ0) is 95.2. The summed E-state index contributed by atoms with van der Waals surface area (Å²) in [4.78, 5) is 103. The maximum absolute atomic E-state index is 13.8. The van der Waals surface area contributed by atoms with E-state index in [1.54, 1.807) is 63.2 Å². The molecular weight excluding hydrogens is 1930 g/mol. The average molecular weight is 2040 g/mol. The van der Waals surface area contributed by atoms with E-state index >= 15 is 0 Å². The Labute approximate surface area is 818 Å². The number of para-hydroxylation sites is 6. The number of benzene rings is 7. The monoisotopic (exact) mass is 2040 g/mol. The van der Waals surface area contributed by atoms with Gasteiger partial charge in [-0.05, 0) is 262 Å². The van der Waals surface area contributed by atoms with E-state index in [1.807, 2.05) is 90.1 Å². The number of anilines is 6. The molecule has 6 aliphatic carbocycles. The summed E-state index contributed by atoms with van der Waals surface area (Å²) in [6.07, 6.45) is 5.76. The fourth-order valence-electron chi connectivity index (χ4n) is 16.4. The lowest BCUT2D eigenvalue weighted by atomic mass is 10.0. The van der Waals surface area contributed by atoms with Gasteiger partial charge in [0.1, 0.15) is 52.4 Å². The molecule has 3 aliphatic heterocycles. The number of aliphatic hydroxyl groups is 5. The first-order valence-corrected chi connectivity index (χ1v) is 48.9. The molecule has 34 heteroatoms. The summed E-state index contributed by atoms with van der Waals surface area (Å²) in [6, 6.07) is 39.6. The van der Waals surface area contributed by atoms with E-state index < -0.39 is 71.0 Å². The molecule has 4 atom stereocenters. The first-order valence-electron chi connectivity index (χ1n) is 44.8. The highest BCUT2D eigenvalue weighted by Gasteiger charge is 2.57. The molecule has 4 amide bonds. The number of carbonyl (C=O) groups excluding carboxylic acids is 6. The molecule has 0 unspecified atom stereocenters. The predicted molar refractivity (Wildman–Crippen MR) is 519 cm³/mol. The Balaban J connectivity index is 0.000000156. The van der Waals surface area contributed by atoms with Crippen LogP contribution >= 0.6 is 109 Å². The van der Waals surface area contributed by atoms with Gasteiger partial charge in [-0.1, -0.05) is 145 Å². The van der Waals surface area contributed by atoms with E-state index in [0.29, 0.717) is 157 Å². The summed E-state index contributed by atoms with van der Waals surface area (Å²) in [5.41, 5.74) is 7.87. The number of aliphatic carboxylic acids is 1. The van der Waals surface area contributed by atoms with E-state index in [0.717, 1.165) is 70.4 Å². The number of fused-ring (bicyclic) bond motifs is 3. The van der Waals surface area contributed by atoms with Crippen LogP contribution in [0.3, 0.4) is 0 Å². The molecular formula is C98H114BrCl8N7O18. The van der Waals surface area contributed by atoms with Gasteiger partial charge in [0.2, 0.25) is 5.91 Å². The Morgan fingerprint density at radius 1 is 0.424 bits per heavy atom. The lowest BCUT2D eigenvalue weighted by molar-refractivity contribution is -0.154. The normalized spacial score (nSPS) is 18.1. The highest BCUT2D eigenvalue weighted by molar-refractivity contribution is 9.08. The number of rotatable bonds is 32. The zero-order valence-electron chi connectivity index (χ0n) is 74.9. The third-order valence-corrected chi connectivity index (χ3v) is 28.0. The number of aliphatic hydroxyl groups excluding tert-OH is 5. The number of esters is 2. The van der Waals surface area contributed by atoms with Gasteiger partial charge >= 0.3 is 17.9 Å². The van der Waals surface area contributed by atoms with Crippen molar-refractivity contribution in [2.75, 3.05) is 88.9 Å². The predicted octanol–water partition coefficient (Wildman–Crippen LogP) is 18.1. The smallest absolute Gasteiger partial charge is 0.340 e. The lowest BCUT2D eigenvalue weighted by Crippen LogP contribution is -2.50. The Hall–Kier alpha value is -7.29. The van der Waals surface area contributed by atoms with E-state index in [2.05, 4.69) is 48.8 Å². The Morgan fingerprint density at radius 3 is 1.06 bits per heavy atom. The minimum Gasteiger partial charge on any atom is -0.481 e. The van der Waals surface area contributed by atoms with Gasteiger partial charge in [0.25, 0.3) is 17.7 Å². The number of carbonyl (C=O) groups is 7. The standard InChI is InChI=1S/C32H41Cl2N3O8.C29H34Cl2N2O4.C25H26Cl2N2O4.C12H13BrCl2O2/c1-35(16-26(39)29(42)30(43)27(40)17-38)28(41)9-6-19-14-23(34)20(15-22(19)33)18-45-32(10-11-32)31(44)37-13-12-36(21-7-8-21)24-4-2-3-5-25(24)37;1-28(2,3)37-26(34)11-8-19-16-23(31)20(17-22(19)30)18-36-29(12-13-29)27(35)33-15-14-32(21-9-10-21)24-6-4-5-7-25(24)33;26-19-14-17(20(27)13-16(19)5-8-23(30)31)15-33-25(9-10-25)24(32)29-12-11-28(18-6-7-18)21-3-1-2-4-22(21)29;1-12(2,3)17-11(16)8-5-9(14)7(6-13)4-10(8)15/h2-5,14-15,21,26-27,29-30,38-40,42-43H,6-13,16-18H2,1H3;4-7,16-17,21H,8-15,18H2,1-3H3;1-4,13-14,18H,5-12,15H2,(H,30,31);4-5H,6H2,1-3H3/t26-,27+,29+,30+;;;/m0.../s1. The van der Waals surface area contributed by atoms with E-state index in [4.69, 9.17) is 127 Å². The van der Waals surface area contributed by atoms with Crippen molar-refractivity contribution in [2.45, 2.75) is 253 Å². The number of halogens is 9. The average Bonchev–Trinajstić information content (AvgIpc) is 1.58. The molecule has 7 aromatic rings. The van der Waals surface area contributed by atoms with Crippen LogP contribution in [-0.2, 0) is 96.9 Å². The minimum atomic E-state index is -1.77. The zero-order valence-corrected chi connectivity index (χ0v) is 82.5. The Bertz CT molecular complexity index is 5390. The van der Waals surface area contributed by atoms with Crippen LogP contribution in [0.25, 0.3) is 0 Å². The van der Waals surface area contributed by atoms with Gasteiger partial charge in [-0.15, -0.1) is 0 Å². The molecule has 6 N–H and O–H groups in total. The van der Waals surface area contributed by atoms with Gasteiger partial charge in [-0.3, -0.25) is 28.8 Å². The Morgan fingerprint density at radius 2 is 0.735 bits per heavy atom.